The molecule has 0 unspecified atom stereocenters. The summed E-state index contributed by atoms with van der Waals surface area (Å²) in [6.45, 7) is 6.30. The Bertz CT molecular complexity index is 762. The van der Waals surface area contributed by atoms with Crippen LogP contribution in [-0.2, 0) is 16.0 Å². The molecule has 0 aliphatic carbocycles. The fourth-order valence-electron chi connectivity index (χ4n) is 2.50. The van der Waals surface area contributed by atoms with Gasteiger partial charge in [-0.3, -0.25) is 15.6 Å². The highest BCUT2D eigenvalue weighted by atomic mass is 32.1. The molecular weight excluding hydrogens is 342 g/mol. The first-order chi connectivity index (χ1) is 11.9. The van der Waals surface area contributed by atoms with E-state index < -0.39 is 0 Å². The van der Waals surface area contributed by atoms with Gasteiger partial charge in [0.2, 0.25) is 5.91 Å². The Morgan fingerprint density at radius 3 is 2.88 bits per heavy atom. The molecule has 2 aromatic heterocycles. The first kappa shape index (κ1) is 19.0. The number of methoxy groups -OCH3 is 1. The number of carbonyl (C=O) groups is 1. The molecule has 0 aliphatic heterocycles. The van der Waals surface area contributed by atoms with Crippen molar-refractivity contribution in [3.63, 3.8) is 0 Å². The van der Waals surface area contributed by atoms with E-state index in [4.69, 9.17) is 17.0 Å². The minimum Gasteiger partial charge on any atom is -0.383 e. The summed E-state index contributed by atoms with van der Waals surface area (Å²) >= 11 is 5.10. The van der Waals surface area contributed by atoms with Crippen LogP contribution in [0, 0.1) is 13.8 Å². The molecule has 1 atom stereocenters. The first-order valence-electron chi connectivity index (χ1n) is 7.92. The molecule has 0 bridgehead atoms. The zero-order chi connectivity index (χ0) is 18.4. The van der Waals surface area contributed by atoms with Crippen molar-refractivity contribution >= 4 is 29.0 Å². The maximum atomic E-state index is 12.0. The number of thiocarbonyl (C=S) groups is 1. The molecule has 9 nitrogen and oxygen atoms in total. The van der Waals surface area contributed by atoms with Crippen molar-refractivity contribution in [2.75, 3.05) is 13.7 Å². The number of rotatable bonds is 6. The van der Waals surface area contributed by atoms with Gasteiger partial charge in [0.05, 0.1) is 6.61 Å². The zero-order valence-electron chi connectivity index (χ0n) is 14.8. The van der Waals surface area contributed by atoms with E-state index >= 15 is 0 Å². The third kappa shape index (κ3) is 5.07. The molecule has 0 fully saturated rings. The number of amides is 1. The van der Waals surface area contributed by atoms with E-state index in [0.29, 0.717) is 30.3 Å². The normalized spacial score (nSPS) is 12.0. The molecule has 0 radical (unpaired) electrons. The lowest BCUT2D eigenvalue weighted by Crippen LogP contribution is -2.50. The van der Waals surface area contributed by atoms with Crippen LogP contribution in [0.5, 0.6) is 0 Å². The van der Waals surface area contributed by atoms with E-state index in [9.17, 15) is 4.79 Å². The Labute approximate surface area is 151 Å². The Morgan fingerprint density at radius 2 is 2.16 bits per heavy atom. The summed E-state index contributed by atoms with van der Waals surface area (Å²) in [7, 11) is 1.62. The summed E-state index contributed by atoms with van der Waals surface area (Å²) in [6.07, 6.45) is 2.31. The lowest BCUT2D eigenvalue weighted by atomic mass is 10.1. The summed E-state index contributed by atoms with van der Waals surface area (Å²) in [4.78, 5) is 20.5. The van der Waals surface area contributed by atoms with Crippen LogP contribution in [-0.4, -0.2) is 50.4 Å². The SMILES string of the molecule is COC[C@H](C)NC(=S)NNC(=O)CCc1c(C)nc2ncnn2c1C. The minimum atomic E-state index is -0.166. The first-order valence-corrected chi connectivity index (χ1v) is 8.33. The molecular formula is C15H23N7O2S. The van der Waals surface area contributed by atoms with Crippen LogP contribution in [0.25, 0.3) is 5.78 Å². The van der Waals surface area contributed by atoms with Crippen molar-refractivity contribution in [1.29, 1.82) is 0 Å². The molecule has 136 valence electrons. The molecule has 1 amide bonds. The van der Waals surface area contributed by atoms with Crippen LogP contribution < -0.4 is 16.2 Å². The second-order valence-corrected chi connectivity index (χ2v) is 6.14. The smallest absolute Gasteiger partial charge is 0.252 e. The molecule has 25 heavy (non-hydrogen) atoms. The molecule has 10 heteroatoms. The van der Waals surface area contributed by atoms with Crippen LogP contribution >= 0.6 is 12.2 Å². The van der Waals surface area contributed by atoms with Gasteiger partial charge in [-0.25, -0.2) is 9.50 Å². The number of fused-ring (bicyclic) bond motifs is 1. The quantitative estimate of drug-likeness (QED) is 0.493. The molecule has 0 aromatic carbocycles. The van der Waals surface area contributed by atoms with Crippen LogP contribution in [0.4, 0.5) is 0 Å². The maximum Gasteiger partial charge on any atom is 0.252 e. The Hall–Kier alpha value is -2.33. The van der Waals surface area contributed by atoms with Crippen molar-refractivity contribution in [3.05, 3.63) is 23.3 Å². The summed E-state index contributed by atoms with van der Waals surface area (Å²) in [6, 6.07) is 0.0488. The minimum absolute atomic E-state index is 0.0488. The fraction of sp³-hybridized carbons (Fsp3) is 0.533. The van der Waals surface area contributed by atoms with Crippen molar-refractivity contribution in [3.8, 4) is 0 Å². The van der Waals surface area contributed by atoms with Crippen LogP contribution in [0.3, 0.4) is 0 Å². The van der Waals surface area contributed by atoms with Gasteiger partial charge < -0.3 is 10.1 Å². The van der Waals surface area contributed by atoms with Crippen LogP contribution in [0.15, 0.2) is 6.33 Å². The topological polar surface area (TPSA) is 105 Å². The number of aromatic nitrogens is 4. The van der Waals surface area contributed by atoms with Crippen LogP contribution in [0.2, 0.25) is 0 Å². The Kier molecular flexibility index (Phi) is 6.59. The second-order valence-electron chi connectivity index (χ2n) is 5.74. The predicted molar refractivity (Wildman–Crippen MR) is 96.9 cm³/mol. The molecule has 3 N–H and O–H groups in total. The molecule has 0 aliphatic rings. The second kappa shape index (κ2) is 8.67. The van der Waals surface area contributed by atoms with E-state index in [1.165, 1.54) is 6.33 Å². The highest BCUT2D eigenvalue weighted by molar-refractivity contribution is 7.80. The average Bonchev–Trinajstić information content (AvgIpc) is 3.01. The molecule has 2 heterocycles. The van der Waals surface area contributed by atoms with Gasteiger partial charge in [-0.2, -0.15) is 10.1 Å². The van der Waals surface area contributed by atoms with Gasteiger partial charge in [0.15, 0.2) is 5.11 Å². The maximum absolute atomic E-state index is 12.0. The summed E-state index contributed by atoms with van der Waals surface area (Å²) < 4.78 is 6.69. The number of nitrogens with one attached hydrogen (secondary N) is 3. The van der Waals surface area contributed by atoms with Crippen molar-refractivity contribution in [2.45, 2.75) is 39.7 Å². The summed E-state index contributed by atoms with van der Waals surface area (Å²) in [5, 5.41) is 7.48. The fourth-order valence-corrected chi connectivity index (χ4v) is 2.75. The van der Waals surface area contributed by atoms with Gasteiger partial charge in [-0.15, -0.1) is 0 Å². The van der Waals surface area contributed by atoms with Gasteiger partial charge in [-0.1, -0.05) is 0 Å². The third-order valence-electron chi connectivity index (χ3n) is 3.70. The van der Waals surface area contributed by atoms with Crippen molar-refractivity contribution < 1.29 is 9.53 Å². The zero-order valence-corrected chi connectivity index (χ0v) is 15.6. The van der Waals surface area contributed by atoms with E-state index in [0.717, 1.165) is 17.0 Å². The number of ether oxygens (including phenoxy) is 1. The lowest BCUT2D eigenvalue weighted by molar-refractivity contribution is -0.121. The highest BCUT2D eigenvalue weighted by Gasteiger charge is 2.12. The molecule has 0 saturated carbocycles. The molecule has 0 saturated heterocycles. The largest absolute Gasteiger partial charge is 0.383 e. The summed E-state index contributed by atoms with van der Waals surface area (Å²) in [5.74, 6) is 0.396. The Balaban J connectivity index is 1.85. The van der Waals surface area contributed by atoms with Gasteiger partial charge in [-0.05, 0) is 45.0 Å². The third-order valence-corrected chi connectivity index (χ3v) is 3.92. The predicted octanol–water partition coefficient (Wildman–Crippen LogP) is 0.204. The monoisotopic (exact) mass is 365 g/mol. The van der Waals surface area contributed by atoms with Crippen LogP contribution in [0.1, 0.15) is 30.3 Å². The van der Waals surface area contributed by atoms with Gasteiger partial charge in [0.1, 0.15) is 6.33 Å². The van der Waals surface area contributed by atoms with E-state index in [1.54, 1.807) is 11.6 Å². The number of hydrogen-bond acceptors (Lipinski definition) is 6. The van der Waals surface area contributed by atoms with Crippen molar-refractivity contribution in [1.82, 2.24) is 35.8 Å². The number of carbonyl (C=O) groups excluding carboxylic acids is 1. The number of hydrogen-bond donors (Lipinski definition) is 3. The van der Waals surface area contributed by atoms with Gasteiger partial charge in [0, 0.05) is 31.0 Å². The number of hydrazine groups is 1. The van der Waals surface area contributed by atoms with E-state index in [-0.39, 0.29) is 11.9 Å². The lowest BCUT2D eigenvalue weighted by Gasteiger charge is -2.16. The van der Waals surface area contributed by atoms with Crippen molar-refractivity contribution in [2.24, 2.45) is 0 Å². The van der Waals surface area contributed by atoms with Gasteiger partial charge >= 0.3 is 0 Å². The standard InChI is InChI=1S/C15H23N7O2S/c1-9(7-24-4)18-15(25)21-20-13(23)6-5-12-10(2)19-14-16-8-17-22(14)11(12)3/h8-9H,5-7H2,1-4H3,(H,20,23)(H2,18,21,25)/t9-/m0/s1. The molecule has 2 rings (SSSR count). The van der Waals surface area contributed by atoms with Gasteiger partial charge in [0.25, 0.3) is 5.78 Å². The number of aryl methyl sites for hydroxylation is 2. The number of nitrogens with zero attached hydrogens (tertiary/aromatic N) is 4. The summed E-state index contributed by atoms with van der Waals surface area (Å²) in [5.41, 5.74) is 8.04. The average molecular weight is 365 g/mol. The Morgan fingerprint density at radius 1 is 1.40 bits per heavy atom. The molecule has 2 aromatic rings. The van der Waals surface area contributed by atoms with E-state index in [1.807, 2.05) is 20.8 Å². The molecule has 0 spiro atoms. The van der Waals surface area contributed by atoms with E-state index in [2.05, 4.69) is 31.2 Å². The highest BCUT2D eigenvalue weighted by Crippen LogP contribution is 2.14.